The summed E-state index contributed by atoms with van der Waals surface area (Å²) in [4.78, 5) is 0. The Hall–Kier alpha value is -1.21. The predicted molar refractivity (Wildman–Crippen MR) is 84.1 cm³/mol. The van der Waals surface area contributed by atoms with Gasteiger partial charge in [-0.1, -0.05) is 42.0 Å². The van der Waals surface area contributed by atoms with Crippen LogP contribution in [-0.4, -0.2) is 11.5 Å². The van der Waals surface area contributed by atoms with E-state index < -0.39 is 0 Å². The van der Waals surface area contributed by atoms with Crippen LogP contribution in [0.1, 0.15) is 28.7 Å². The van der Waals surface area contributed by atoms with E-state index in [-0.39, 0.29) is 0 Å². The molecule has 1 aliphatic heterocycles. The number of hydrogen-bond acceptors (Lipinski definition) is 1. The molecule has 1 spiro atoms. The lowest BCUT2D eigenvalue weighted by molar-refractivity contribution is 0.602. The average molecular weight is 266 g/mol. The Morgan fingerprint density at radius 1 is 1.05 bits per heavy atom. The van der Waals surface area contributed by atoms with E-state index in [1.54, 1.807) is 11.1 Å². The predicted octanol–water partition coefficient (Wildman–Crippen LogP) is 4.71. The highest BCUT2D eigenvalue weighted by atomic mass is 32.2. The van der Waals surface area contributed by atoms with Crippen molar-refractivity contribution in [3.8, 4) is 11.1 Å². The largest absolute Gasteiger partial charge is 0.161 e. The Morgan fingerprint density at radius 2 is 1.95 bits per heavy atom. The zero-order chi connectivity index (χ0) is 13.0. The van der Waals surface area contributed by atoms with Gasteiger partial charge in [0.15, 0.2) is 0 Å². The molecule has 1 fully saturated rings. The molecule has 0 amide bonds. The summed E-state index contributed by atoms with van der Waals surface area (Å²) in [6.45, 7) is 4.47. The zero-order valence-corrected chi connectivity index (χ0v) is 12.3. The Bertz CT molecular complexity index is 663. The van der Waals surface area contributed by atoms with Crippen LogP contribution in [0.5, 0.6) is 0 Å². The fourth-order valence-electron chi connectivity index (χ4n) is 3.83. The van der Waals surface area contributed by atoms with Crippen molar-refractivity contribution in [2.45, 2.75) is 25.7 Å². The fraction of sp³-hybridized carbons (Fsp3) is 0.333. The molecule has 1 aliphatic carbocycles. The molecule has 1 atom stereocenters. The summed E-state index contributed by atoms with van der Waals surface area (Å²) in [5.74, 6) is 2.54. The van der Waals surface area contributed by atoms with E-state index in [2.05, 4.69) is 62.0 Å². The fourth-order valence-corrected chi connectivity index (χ4v) is 5.27. The molecule has 0 N–H and O–H groups in total. The molecule has 1 heteroatoms. The summed E-state index contributed by atoms with van der Waals surface area (Å²) < 4.78 is 0. The molecule has 2 aliphatic rings. The molecule has 0 bridgehead atoms. The lowest BCUT2D eigenvalue weighted by atomic mass is 9.77. The molecule has 1 heterocycles. The standard InChI is InChI=1S/C18H18S/c1-12-6-7-14-16(10-12)18(8-9-19-11-18)15-5-3-4-13(2)17(14)15/h3-7,10H,8-9,11H2,1-2H3. The van der Waals surface area contributed by atoms with E-state index in [1.165, 1.54) is 40.2 Å². The van der Waals surface area contributed by atoms with Crippen molar-refractivity contribution in [1.29, 1.82) is 0 Å². The highest BCUT2D eigenvalue weighted by Gasteiger charge is 2.45. The molecule has 0 saturated carbocycles. The Morgan fingerprint density at radius 3 is 2.74 bits per heavy atom. The van der Waals surface area contributed by atoms with Crippen LogP contribution in [0.2, 0.25) is 0 Å². The highest BCUT2D eigenvalue weighted by molar-refractivity contribution is 7.99. The maximum Gasteiger partial charge on any atom is 0.0313 e. The van der Waals surface area contributed by atoms with Crippen molar-refractivity contribution in [1.82, 2.24) is 0 Å². The first-order chi connectivity index (χ1) is 9.22. The van der Waals surface area contributed by atoms with E-state index >= 15 is 0 Å². The van der Waals surface area contributed by atoms with Gasteiger partial charge < -0.3 is 0 Å². The maximum atomic E-state index is 2.43. The van der Waals surface area contributed by atoms with Gasteiger partial charge >= 0.3 is 0 Å². The van der Waals surface area contributed by atoms with E-state index in [0.717, 1.165) is 0 Å². The monoisotopic (exact) mass is 266 g/mol. The van der Waals surface area contributed by atoms with Crippen molar-refractivity contribution >= 4 is 11.8 Å². The van der Waals surface area contributed by atoms with E-state index in [9.17, 15) is 0 Å². The number of rotatable bonds is 0. The van der Waals surface area contributed by atoms with Crippen molar-refractivity contribution < 1.29 is 0 Å². The van der Waals surface area contributed by atoms with Crippen LogP contribution in [0.15, 0.2) is 36.4 Å². The molecule has 19 heavy (non-hydrogen) atoms. The molecule has 1 unspecified atom stereocenters. The summed E-state index contributed by atoms with van der Waals surface area (Å²) in [5.41, 5.74) is 9.28. The smallest absolute Gasteiger partial charge is 0.0313 e. The average Bonchev–Trinajstić information content (AvgIpc) is 2.98. The van der Waals surface area contributed by atoms with Crippen LogP contribution in [0.25, 0.3) is 11.1 Å². The molecule has 2 aromatic rings. The molecule has 4 rings (SSSR count). The van der Waals surface area contributed by atoms with Gasteiger partial charge in [-0.25, -0.2) is 0 Å². The molecular formula is C18H18S. The van der Waals surface area contributed by atoms with E-state index in [1.807, 2.05) is 0 Å². The van der Waals surface area contributed by atoms with Gasteiger partial charge in [-0.2, -0.15) is 11.8 Å². The summed E-state index contributed by atoms with van der Waals surface area (Å²) in [5, 5.41) is 0. The second-order valence-corrected chi connectivity index (χ2v) is 7.04. The van der Waals surface area contributed by atoms with Gasteiger partial charge in [0.1, 0.15) is 0 Å². The summed E-state index contributed by atoms with van der Waals surface area (Å²) in [7, 11) is 0. The third-order valence-electron chi connectivity index (χ3n) is 4.77. The first-order valence-electron chi connectivity index (χ1n) is 7.02. The third-order valence-corrected chi connectivity index (χ3v) is 5.96. The third kappa shape index (κ3) is 1.42. The van der Waals surface area contributed by atoms with Gasteiger partial charge in [0.25, 0.3) is 0 Å². The molecular weight excluding hydrogens is 248 g/mol. The number of hydrogen-bond donors (Lipinski definition) is 0. The van der Waals surface area contributed by atoms with Crippen molar-refractivity contribution in [3.05, 3.63) is 58.7 Å². The highest BCUT2D eigenvalue weighted by Crippen LogP contribution is 2.56. The Labute approximate surface area is 119 Å². The molecule has 1 saturated heterocycles. The van der Waals surface area contributed by atoms with Crippen LogP contribution in [-0.2, 0) is 5.41 Å². The minimum Gasteiger partial charge on any atom is -0.161 e. The molecule has 96 valence electrons. The Kier molecular flexibility index (Phi) is 2.38. The lowest BCUT2D eigenvalue weighted by Gasteiger charge is -2.26. The van der Waals surface area contributed by atoms with Crippen molar-refractivity contribution in [2.24, 2.45) is 0 Å². The van der Waals surface area contributed by atoms with Gasteiger partial charge in [-0.05, 0) is 53.8 Å². The molecule has 0 aromatic heterocycles. The molecule has 0 nitrogen and oxygen atoms in total. The van der Waals surface area contributed by atoms with Crippen LogP contribution >= 0.6 is 11.8 Å². The quantitative estimate of drug-likeness (QED) is 0.665. The lowest BCUT2D eigenvalue weighted by Crippen LogP contribution is -2.24. The zero-order valence-electron chi connectivity index (χ0n) is 11.5. The van der Waals surface area contributed by atoms with Gasteiger partial charge in [0, 0.05) is 11.2 Å². The van der Waals surface area contributed by atoms with Crippen LogP contribution in [0, 0.1) is 13.8 Å². The minimum atomic E-state index is 0.299. The van der Waals surface area contributed by atoms with E-state index in [4.69, 9.17) is 0 Å². The molecule has 0 radical (unpaired) electrons. The van der Waals surface area contributed by atoms with Crippen LogP contribution in [0.3, 0.4) is 0 Å². The topological polar surface area (TPSA) is 0 Å². The van der Waals surface area contributed by atoms with Gasteiger partial charge in [0.05, 0.1) is 0 Å². The second-order valence-electron chi connectivity index (χ2n) is 5.93. The first-order valence-corrected chi connectivity index (χ1v) is 8.17. The van der Waals surface area contributed by atoms with Gasteiger partial charge in [-0.15, -0.1) is 0 Å². The number of thioether (sulfide) groups is 1. The van der Waals surface area contributed by atoms with Gasteiger partial charge in [-0.3, -0.25) is 0 Å². The number of benzene rings is 2. The normalized spacial score (nSPS) is 23.7. The Balaban J connectivity index is 2.11. The summed E-state index contributed by atoms with van der Waals surface area (Å²) >= 11 is 2.11. The van der Waals surface area contributed by atoms with Crippen LogP contribution in [0.4, 0.5) is 0 Å². The maximum absolute atomic E-state index is 2.43. The number of fused-ring (bicyclic) bond motifs is 5. The first kappa shape index (κ1) is 11.6. The summed E-state index contributed by atoms with van der Waals surface area (Å²) in [6.07, 6.45) is 1.30. The van der Waals surface area contributed by atoms with Crippen LogP contribution < -0.4 is 0 Å². The van der Waals surface area contributed by atoms with Gasteiger partial charge in [0.2, 0.25) is 0 Å². The molecule has 2 aromatic carbocycles. The van der Waals surface area contributed by atoms with Crippen molar-refractivity contribution in [3.63, 3.8) is 0 Å². The van der Waals surface area contributed by atoms with Crippen molar-refractivity contribution in [2.75, 3.05) is 11.5 Å². The SMILES string of the molecule is Cc1ccc2c(c1)C1(CCSC1)c1cccc(C)c1-2. The number of aryl methyl sites for hydroxylation is 2. The summed E-state index contributed by atoms with van der Waals surface area (Å²) in [6, 6.07) is 13.9. The second kappa shape index (κ2) is 3.89. The van der Waals surface area contributed by atoms with E-state index in [0.29, 0.717) is 5.41 Å². The minimum absolute atomic E-state index is 0.299.